The van der Waals surface area contributed by atoms with E-state index in [1.165, 1.54) is 0 Å². The molecule has 1 unspecified atom stereocenters. The van der Waals surface area contributed by atoms with Crippen molar-refractivity contribution in [1.29, 1.82) is 0 Å². The van der Waals surface area contributed by atoms with E-state index in [-0.39, 0.29) is 13.1 Å². The van der Waals surface area contributed by atoms with Gasteiger partial charge in [-0.3, -0.25) is 29.1 Å². The summed E-state index contributed by atoms with van der Waals surface area (Å²) >= 11 is 0. The van der Waals surface area contributed by atoms with Crippen LogP contribution in [0, 0.1) is 5.92 Å². The maximum absolute atomic E-state index is 11.8. The van der Waals surface area contributed by atoms with E-state index in [0.29, 0.717) is 51.6 Å². The molecule has 0 aromatic heterocycles. The molecule has 1 rings (SSSR count). The summed E-state index contributed by atoms with van der Waals surface area (Å²) in [5.41, 5.74) is 0. The molecular weight excluding hydrogens is 342 g/mol. The lowest BCUT2D eigenvalue weighted by atomic mass is 10.0. The van der Waals surface area contributed by atoms with Crippen molar-refractivity contribution in [3.63, 3.8) is 0 Å². The SMILES string of the molecule is CC(C)CCC(C(=O)O)N1CCN(CC(=O)O)CCN(CC(=O)O)CC1. The molecule has 0 spiro atoms. The van der Waals surface area contributed by atoms with Gasteiger partial charge in [0.1, 0.15) is 6.04 Å². The highest BCUT2D eigenvalue weighted by molar-refractivity contribution is 5.73. The number of aliphatic carboxylic acids is 3. The van der Waals surface area contributed by atoms with Gasteiger partial charge in [0.25, 0.3) is 0 Å². The Morgan fingerprint density at radius 1 is 0.769 bits per heavy atom. The number of carbonyl (C=O) groups is 3. The van der Waals surface area contributed by atoms with E-state index in [1.807, 2.05) is 18.7 Å². The van der Waals surface area contributed by atoms with Crippen LogP contribution in [-0.4, -0.2) is 106 Å². The third-order valence-corrected chi connectivity index (χ3v) is 4.60. The van der Waals surface area contributed by atoms with Crippen molar-refractivity contribution in [2.75, 3.05) is 52.4 Å². The Morgan fingerprint density at radius 3 is 1.54 bits per heavy atom. The minimum atomic E-state index is -0.949. The quantitative estimate of drug-likeness (QED) is 0.511. The van der Waals surface area contributed by atoms with E-state index in [4.69, 9.17) is 10.2 Å². The van der Waals surface area contributed by atoms with E-state index in [1.54, 1.807) is 9.80 Å². The first-order valence-electron chi connectivity index (χ1n) is 9.04. The van der Waals surface area contributed by atoms with E-state index >= 15 is 0 Å². The van der Waals surface area contributed by atoms with Crippen LogP contribution in [0.5, 0.6) is 0 Å². The summed E-state index contributed by atoms with van der Waals surface area (Å²) < 4.78 is 0. The van der Waals surface area contributed by atoms with Crippen molar-refractivity contribution in [3.8, 4) is 0 Å². The highest BCUT2D eigenvalue weighted by Gasteiger charge is 2.28. The molecule has 0 aromatic carbocycles. The van der Waals surface area contributed by atoms with Gasteiger partial charge in [0.2, 0.25) is 0 Å². The zero-order valence-electron chi connectivity index (χ0n) is 15.6. The third-order valence-electron chi connectivity index (χ3n) is 4.60. The molecule has 0 aliphatic carbocycles. The van der Waals surface area contributed by atoms with Gasteiger partial charge < -0.3 is 15.3 Å². The Balaban J connectivity index is 2.88. The standard InChI is InChI=1S/C17H31N3O6/c1-13(2)3-4-14(17(25)26)20-9-7-18(11-15(21)22)5-6-19(8-10-20)12-16(23)24/h13-14H,3-12H2,1-2H3,(H,21,22)(H,23,24)(H,25,26). The summed E-state index contributed by atoms with van der Waals surface area (Å²) in [4.78, 5) is 39.2. The number of carboxylic acid groups (broad SMARTS) is 3. The molecule has 1 heterocycles. The Morgan fingerprint density at radius 2 is 1.19 bits per heavy atom. The second kappa shape index (κ2) is 11.1. The Kier molecular flexibility index (Phi) is 9.53. The fraction of sp³-hybridized carbons (Fsp3) is 0.824. The molecule has 1 saturated heterocycles. The van der Waals surface area contributed by atoms with Gasteiger partial charge in [0, 0.05) is 39.3 Å². The molecule has 0 aromatic rings. The van der Waals surface area contributed by atoms with Crippen LogP contribution in [0.4, 0.5) is 0 Å². The monoisotopic (exact) mass is 373 g/mol. The lowest BCUT2D eigenvalue weighted by Gasteiger charge is -2.31. The summed E-state index contributed by atoms with van der Waals surface area (Å²) in [5.74, 6) is -2.40. The van der Waals surface area contributed by atoms with Crippen LogP contribution in [-0.2, 0) is 14.4 Å². The van der Waals surface area contributed by atoms with Crippen LogP contribution in [0.3, 0.4) is 0 Å². The second-order valence-electron chi connectivity index (χ2n) is 7.20. The van der Waals surface area contributed by atoms with Crippen molar-refractivity contribution in [2.24, 2.45) is 5.92 Å². The molecule has 1 aliphatic heterocycles. The van der Waals surface area contributed by atoms with Crippen molar-refractivity contribution < 1.29 is 29.7 Å². The normalized spacial score (nSPS) is 19.5. The molecule has 9 nitrogen and oxygen atoms in total. The molecule has 0 amide bonds. The minimum absolute atomic E-state index is 0.140. The largest absolute Gasteiger partial charge is 0.480 e. The first kappa shape index (κ1) is 22.3. The van der Waals surface area contributed by atoms with Crippen molar-refractivity contribution >= 4 is 17.9 Å². The Labute approximate surface area is 154 Å². The summed E-state index contributed by atoms with van der Waals surface area (Å²) in [6, 6.07) is -0.645. The lowest BCUT2D eigenvalue weighted by molar-refractivity contribution is -0.144. The average molecular weight is 373 g/mol. The Hall–Kier alpha value is -1.71. The highest BCUT2D eigenvalue weighted by atomic mass is 16.4. The molecule has 1 aliphatic rings. The van der Waals surface area contributed by atoms with Crippen LogP contribution >= 0.6 is 0 Å². The number of hydrogen-bond acceptors (Lipinski definition) is 6. The van der Waals surface area contributed by atoms with Gasteiger partial charge in [-0.15, -0.1) is 0 Å². The van der Waals surface area contributed by atoms with Crippen molar-refractivity contribution in [3.05, 3.63) is 0 Å². The molecule has 1 fully saturated rings. The maximum Gasteiger partial charge on any atom is 0.320 e. The molecular formula is C17H31N3O6. The number of nitrogens with zero attached hydrogens (tertiary/aromatic N) is 3. The van der Waals surface area contributed by atoms with Crippen LogP contribution in [0.25, 0.3) is 0 Å². The fourth-order valence-corrected chi connectivity index (χ4v) is 3.12. The minimum Gasteiger partial charge on any atom is -0.480 e. The molecule has 0 radical (unpaired) electrons. The van der Waals surface area contributed by atoms with Crippen molar-refractivity contribution in [2.45, 2.75) is 32.7 Å². The van der Waals surface area contributed by atoms with Crippen LogP contribution in [0.2, 0.25) is 0 Å². The topological polar surface area (TPSA) is 122 Å². The van der Waals surface area contributed by atoms with E-state index < -0.39 is 23.9 Å². The molecule has 0 bridgehead atoms. The number of hydrogen-bond donors (Lipinski definition) is 3. The first-order valence-corrected chi connectivity index (χ1v) is 9.04. The molecule has 3 N–H and O–H groups in total. The van der Waals surface area contributed by atoms with Crippen LogP contribution in [0.15, 0.2) is 0 Å². The van der Waals surface area contributed by atoms with Gasteiger partial charge in [-0.25, -0.2) is 0 Å². The first-order chi connectivity index (χ1) is 12.2. The van der Waals surface area contributed by atoms with Crippen LogP contribution < -0.4 is 0 Å². The third kappa shape index (κ3) is 8.59. The van der Waals surface area contributed by atoms with Gasteiger partial charge in [-0.1, -0.05) is 13.8 Å². The van der Waals surface area contributed by atoms with E-state index in [2.05, 4.69) is 0 Å². The molecule has 150 valence electrons. The van der Waals surface area contributed by atoms with Gasteiger partial charge in [0.05, 0.1) is 13.1 Å². The summed E-state index contributed by atoms with van der Waals surface area (Å²) in [7, 11) is 0. The zero-order chi connectivity index (χ0) is 19.7. The fourth-order valence-electron chi connectivity index (χ4n) is 3.12. The summed E-state index contributed by atoms with van der Waals surface area (Å²) in [6.45, 7) is 6.47. The average Bonchev–Trinajstić information content (AvgIpc) is 2.59. The van der Waals surface area contributed by atoms with Gasteiger partial charge in [-0.05, 0) is 18.8 Å². The molecule has 9 heteroatoms. The van der Waals surface area contributed by atoms with Crippen LogP contribution in [0.1, 0.15) is 26.7 Å². The molecule has 0 saturated carbocycles. The highest BCUT2D eigenvalue weighted by Crippen LogP contribution is 2.14. The van der Waals surface area contributed by atoms with Gasteiger partial charge >= 0.3 is 17.9 Å². The number of rotatable bonds is 9. The molecule has 1 atom stereocenters. The smallest absolute Gasteiger partial charge is 0.320 e. The Bertz CT molecular complexity index is 457. The van der Waals surface area contributed by atoms with Gasteiger partial charge in [-0.2, -0.15) is 0 Å². The number of carboxylic acids is 3. The predicted molar refractivity (Wildman–Crippen MR) is 95.2 cm³/mol. The van der Waals surface area contributed by atoms with Gasteiger partial charge in [0.15, 0.2) is 0 Å². The summed E-state index contributed by atoms with van der Waals surface area (Å²) in [5, 5.41) is 27.8. The van der Waals surface area contributed by atoms with E-state index in [0.717, 1.165) is 6.42 Å². The maximum atomic E-state index is 11.8. The zero-order valence-corrected chi connectivity index (χ0v) is 15.6. The predicted octanol–water partition coefficient (Wildman–Crippen LogP) is -0.0354. The lowest BCUT2D eigenvalue weighted by Crippen LogP contribution is -2.47. The second-order valence-corrected chi connectivity index (χ2v) is 7.20. The van der Waals surface area contributed by atoms with E-state index in [9.17, 15) is 19.5 Å². The van der Waals surface area contributed by atoms with Crippen molar-refractivity contribution in [1.82, 2.24) is 14.7 Å². The molecule has 26 heavy (non-hydrogen) atoms. The summed E-state index contributed by atoms with van der Waals surface area (Å²) in [6.07, 6.45) is 1.30.